The van der Waals surface area contributed by atoms with Gasteiger partial charge in [0.1, 0.15) is 0 Å². The van der Waals surface area contributed by atoms with Crippen molar-refractivity contribution in [1.29, 1.82) is 0 Å². The van der Waals surface area contributed by atoms with E-state index in [-0.39, 0.29) is 22.7 Å². The van der Waals surface area contributed by atoms with Crippen LogP contribution in [0.1, 0.15) is 21.5 Å². The summed E-state index contributed by atoms with van der Waals surface area (Å²) >= 11 is 1.40. The number of hydrogen-bond acceptors (Lipinski definition) is 4. The van der Waals surface area contributed by atoms with E-state index in [9.17, 15) is 13.2 Å². The van der Waals surface area contributed by atoms with E-state index in [4.69, 9.17) is 6.42 Å². The second-order valence-electron chi connectivity index (χ2n) is 7.52. The molecule has 0 spiro atoms. The van der Waals surface area contributed by atoms with Crippen LogP contribution < -0.4 is 9.52 Å². The third-order valence-electron chi connectivity index (χ3n) is 4.98. The van der Waals surface area contributed by atoms with E-state index < -0.39 is 15.9 Å². The van der Waals surface area contributed by atoms with Gasteiger partial charge in [-0.15, -0.1) is 6.42 Å². The van der Waals surface area contributed by atoms with Crippen LogP contribution in [0.4, 0.5) is 5.69 Å². The maximum absolute atomic E-state index is 13.0. The summed E-state index contributed by atoms with van der Waals surface area (Å²) in [6.45, 7) is 4.31. The van der Waals surface area contributed by atoms with Crippen molar-refractivity contribution < 1.29 is 13.2 Å². The summed E-state index contributed by atoms with van der Waals surface area (Å²) in [5.41, 5.74) is 3.67. The number of fused-ring (bicyclic) bond motifs is 1. The molecule has 0 aliphatic rings. The van der Waals surface area contributed by atoms with Crippen molar-refractivity contribution in [2.75, 3.05) is 4.72 Å². The number of hydrogen-bond donors (Lipinski definition) is 1. The first-order chi connectivity index (χ1) is 15.8. The molecule has 1 heterocycles. The van der Waals surface area contributed by atoms with Crippen LogP contribution in [-0.2, 0) is 16.6 Å². The third-order valence-corrected chi connectivity index (χ3v) is 7.60. The highest BCUT2D eigenvalue weighted by Crippen LogP contribution is 2.24. The Morgan fingerprint density at radius 2 is 1.85 bits per heavy atom. The number of sulfonamides is 1. The van der Waals surface area contributed by atoms with Crippen LogP contribution >= 0.6 is 11.3 Å². The summed E-state index contributed by atoms with van der Waals surface area (Å²) in [7, 11) is -3.77. The summed E-state index contributed by atoms with van der Waals surface area (Å²) in [5.74, 6) is 2.14. The van der Waals surface area contributed by atoms with Crippen LogP contribution in [0.5, 0.6) is 0 Å². The van der Waals surface area contributed by atoms with Crippen molar-refractivity contribution in [3.63, 3.8) is 0 Å². The molecule has 0 radical (unpaired) electrons. The lowest BCUT2D eigenvalue weighted by atomic mass is 10.1. The highest BCUT2D eigenvalue weighted by molar-refractivity contribution is 7.92. The van der Waals surface area contributed by atoms with Crippen molar-refractivity contribution in [3.8, 4) is 12.3 Å². The second-order valence-corrected chi connectivity index (χ2v) is 10.2. The summed E-state index contributed by atoms with van der Waals surface area (Å²) in [6, 6.07) is 18.4. The fourth-order valence-corrected chi connectivity index (χ4v) is 5.67. The molecule has 0 atom stereocenters. The molecule has 0 unspecified atom stereocenters. The Morgan fingerprint density at radius 3 is 2.58 bits per heavy atom. The van der Waals surface area contributed by atoms with E-state index in [1.54, 1.807) is 36.4 Å². The molecule has 0 saturated carbocycles. The van der Waals surface area contributed by atoms with Gasteiger partial charge in [0.2, 0.25) is 0 Å². The molecule has 1 aromatic heterocycles. The highest BCUT2D eigenvalue weighted by atomic mass is 32.2. The number of rotatable bonds is 5. The zero-order valence-corrected chi connectivity index (χ0v) is 19.7. The lowest BCUT2D eigenvalue weighted by molar-refractivity contribution is 0.0998. The molecular formula is C25H21N3O3S2. The topological polar surface area (TPSA) is 80.5 Å². The number of anilines is 1. The van der Waals surface area contributed by atoms with E-state index in [2.05, 4.69) is 21.7 Å². The first kappa shape index (κ1) is 22.5. The van der Waals surface area contributed by atoms with Gasteiger partial charge in [0.05, 0.1) is 21.7 Å². The predicted molar refractivity (Wildman–Crippen MR) is 132 cm³/mol. The SMILES string of the molecule is C#CCn1c(=NC(=O)c2cccc(NS(=O)(=O)c3ccccc3)c2)sc2c(C)cc(C)cc21. The molecule has 0 saturated heterocycles. The Morgan fingerprint density at radius 1 is 1.09 bits per heavy atom. The van der Waals surface area contributed by atoms with Crippen molar-refractivity contribution in [3.05, 3.63) is 88.2 Å². The van der Waals surface area contributed by atoms with Crippen molar-refractivity contribution in [1.82, 2.24) is 4.57 Å². The van der Waals surface area contributed by atoms with Crippen LogP contribution in [0, 0.1) is 26.2 Å². The lowest BCUT2D eigenvalue weighted by Crippen LogP contribution is -2.17. The minimum absolute atomic E-state index is 0.137. The van der Waals surface area contributed by atoms with Crippen LogP contribution in [0.15, 0.2) is 76.6 Å². The molecule has 0 fully saturated rings. The van der Waals surface area contributed by atoms with E-state index >= 15 is 0 Å². The van der Waals surface area contributed by atoms with Gasteiger partial charge in [-0.05, 0) is 61.4 Å². The zero-order chi connectivity index (χ0) is 23.6. The number of terminal acetylenes is 1. The normalized spacial score (nSPS) is 12.0. The molecule has 1 N–H and O–H groups in total. The van der Waals surface area contributed by atoms with Crippen LogP contribution in [0.25, 0.3) is 10.2 Å². The number of aryl methyl sites for hydroxylation is 2. The Kier molecular flexibility index (Phi) is 6.18. The first-order valence-corrected chi connectivity index (χ1v) is 12.4. The van der Waals surface area contributed by atoms with Crippen LogP contribution in [0.2, 0.25) is 0 Å². The summed E-state index contributed by atoms with van der Waals surface area (Å²) in [6.07, 6.45) is 5.57. The predicted octanol–water partition coefficient (Wildman–Crippen LogP) is 4.49. The Hall–Kier alpha value is -3.67. The molecular weight excluding hydrogens is 454 g/mol. The lowest BCUT2D eigenvalue weighted by Gasteiger charge is -2.08. The third kappa shape index (κ3) is 4.75. The number of nitrogens with one attached hydrogen (secondary N) is 1. The summed E-state index contributed by atoms with van der Waals surface area (Å²) < 4.78 is 30.6. The number of aromatic nitrogens is 1. The molecule has 3 aromatic carbocycles. The molecule has 4 rings (SSSR count). The van der Waals surface area contributed by atoms with Gasteiger partial charge in [-0.3, -0.25) is 9.52 Å². The van der Waals surface area contributed by atoms with Gasteiger partial charge in [-0.25, -0.2) is 8.42 Å². The maximum Gasteiger partial charge on any atom is 0.279 e. The van der Waals surface area contributed by atoms with Gasteiger partial charge in [0.15, 0.2) is 4.80 Å². The molecule has 1 amide bonds. The van der Waals surface area contributed by atoms with Gasteiger partial charge >= 0.3 is 0 Å². The molecule has 4 aromatic rings. The number of amides is 1. The van der Waals surface area contributed by atoms with Crippen LogP contribution in [-0.4, -0.2) is 18.9 Å². The van der Waals surface area contributed by atoms with Gasteiger partial charge in [0.25, 0.3) is 15.9 Å². The minimum Gasteiger partial charge on any atom is -0.305 e. The quantitative estimate of drug-likeness (QED) is 0.432. The van der Waals surface area contributed by atoms with Gasteiger partial charge < -0.3 is 4.57 Å². The van der Waals surface area contributed by atoms with E-state index in [0.717, 1.165) is 21.3 Å². The Balaban J connectivity index is 1.71. The molecule has 0 aliphatic heterocycles. The van der Waals surface area contributed by atoms with Crippen molar-refractivity contribution in [2.24, 2.45) is 4.99 Å². The Labute approximate surface area is 196 Å². The van der Waals surface area contributed by atoms with Crippen molar-refractivity contribution >= 4 is 43.2 Å². The monoisotopic (exact) mass is 475 g/mol. The fraction of sp³-hybridized carbons (Fsp3) is 0.120. The van der Waals surface area contributed by atoms with E-state index in [0.29, 0.717) is 4.80 Å². The van der Waals surface area contributed by atoms with Crippen LogP contribution in [0.3, 0.4) is 0 Å². The Bertz CT molecular complexity index is 1570. The zero-order valence-electron chi connectivity index (χ0n) is 18.1. The van der Waals surface area contributed by atoms with Gasteiger partial charge in [-0.1, -0.05) is 47.6 Å². The van der Waals surface area contributed by atoms with Gasteiger partial charge in [0, 0.05) is 11.3 Å². The minimum atomic E-state index is -3.77. The van der Waals surface area contributed by atoms with Crippen molar-refractivity contribution in [2.45, 2.75) is 25.3 Å². The smallest absolute Gasteiger partial charge is 0.279 e. The average Bonchev–Trinajstić information content (AvgIpc) is 3.12. The van der Waals surface area contributed by atoms with E-state index in [1.807, 2.05) is 24.5 Å². The molecule has 33 heavy (non-hydrogen) atoms. The molecule has 166 valence electrons. The number of thiazole rings is 1. The number of benzene rings is 3. The molecule has 0 bridgehead atoms. The largest absolute Gasteiger partial charge is 0.305 e. The van der Waals surface area contributed by atoms with Gasteiger partial charge in [-0.2, -0.15) is 4.99 Å². The average molecular weight is 476 g/mol. The van der Waals surface area contributed by atoms with E-state index in [1.165, 1.54) is 29.5 Å². The highest BCUT2D eigenvalue weighted by Gasteiger charge is 2.15. The number of nitrogens with zero attached hydrogens (tertiary/aromatic N) is 2. The molecule has 0 aliphatic carbocycles. The summed E-state index contributed by atoms with van der Waals surface area (Å²) in [5, 5.41) is 0. The number of carbonyl (C=O) groups excluding carboxylic acids is 1. The standard InChI is InChI=1S/C25H21N3O3S2/c1-4-13-28-22-15-17(2)14-18(3)23(22)32-25(28)26-24(29)19-9-8-10-20(16-19)27-33(30,31)21-11-6-5-7-12-21/h1,5-12,14-16,27H,13H2,2-3H3. The summed E-state index contributed by atoms with van der Waals surface area (Å²) in [4.78, 5) is 17.9. The molecule has 8 heteroatoms. The molecule has 6 nitrogen and oxygen atoms in total. The maximum atomic E-state index is 13.0. The fourth-order valence-electron chi connectivity index (χ4n) is 3.52. The second kappa shape index (κ2) is 9.06. The first-order valence-electron chi connectivity index (χ1n) is 10.1. The number of carbonyl (C=O) groups is 1.